The summed E-state index contributed by atoms with van der Waals surface area (Å²) in [7, 11) is 0. The van der Waals surface area contributed by atoms with Gasteiger partial charge in [-0.3, -0.25) is 14.4 Å². The number of benzene rings is 1. The number of rotatable bonds is 50. The number of hydrogen-bond donors (Lipinski definition) is 0. The molecule has 0 saturated heterocycles. The molecule has 0 aliphatic carbocycles. The van der Waals surface area contributed by atoms with Crippen LogP contribution in [-0.2, 0) is 23.9 Å². The van der Waals surface area contributed by atoms with Crippen molar-refractivity contribution in [3.05, 3.63) is 78.9 Å². The van der Waals surface area contributed by atoms with Crippen molar-refractivity contribution in [1.82, 2.24) is 0 Å². The number of allylic oxidation sites excluding steroid dienone is 8. The number of esters is 2. The molecule has 394 valence electrons. The van der Waals surface area contributed by atoms with E-state index in [0.717, 1.165) is 108 Å². The number of amides is 1. The molecule has 0 bridgehead atoms. The molecule has 1 aromatic rings. The Hall–Kier alpha value is -3.41. The lowest BCUT2D eigenvalue weighted by molar-refractivity contribution is -0.158. The second-order valence-electron chi connectivity index (χ2n) is 19.8. The van der Waals surface area contributed by atoms with Gasteiger partial charge in [-0.15, -0.1) is 0 Å². The number of unbranched alkanes of at least 4 members (excludes halogenated alkanes) is 30. The van der Waals surface area contributed by atoms with Gasteiger partial charge in [0.25, 0.3) is 0 Å². The number of hydrogen-bond acceptors (Lipinski definition) is 5. The minimum absolute atomic E-state index is 0.0159. The molecule has 0 aliphatic heterocycles. The predicted molar refractivity (Wildman–Crippen MR) is 298 cm³/mol. The van der Waals surface area contributed by atoms with Crippen LogP contribution in [0.4, 0.5) is 5.69 Å². The minimum Gasteiger partial charge on any atom is -0.462 e. The summed E-state index contributed by atoms with van der Waals surface area (Å²) in [6.45, 7) is 6.87. The van der Waals surface area contributed by atoms with Gasteiger partial charge in [-0.2, -0.15) is 0 Å². The van der Waals surface area contributed by atoms with Crippen LogP contribution in [0.15, 0.2) is 78.9 Å². The second-order valence-corrected chi connectivity index (χ2v) is 19.8. The van der Waals surface area contributed by atoms with Crippen LogP contribution >= 0.6 is 0 Å². The fourth-order valence-electron chi connectivity index (χ4n) is 8.73. The molecule has 0 aliphatic rings. The van der Waals surface area contributed by atoms with E-state index in [1.165, 1.54) is 135 Å². The third-order valence-electron chi connectivity index (χ3n) is 13.1. The topological polar surface area (TPSA) is 72.9 Å². The molecular formula is C63H107NO5. The quantitative estimate of drug-likeness (QED) is 0.0370. The van der Waals surface area contributed by atoms with E-state index in [9.17, 15) is 14.4 Å². The monoisotopic (exact) mass is 958 g/mol. The van der Waals surface area contributed by atoms with Gasteiger partial charge in [0.15, 0.2) is 6.10 Å². The van der Waals surface area contributed by atoms with Gasteiger partial charge >= 0.3 is 11.9 Å². The maximum Gasteiger partial charge on any atom is 0.306 e. The Kier molecular flexibility index (Phi) is 47.0. The van der Waals surface area contributed by atoms with Crippen molar-refractivity contribution in [1.29, 1.82) is 0 Å². The van der Waals surface area contributed by atoms with E-state index in [4.69, 9.17) is 9.47 Å². The lowest BCUT2D eigenvalue weighted by atomic mass is 10.0. The van der Waals surface area contributed by atoms with Crippen LogP contribution in [0.5, 0.6) is 0 Å². The first-order valence-electron chi connectivity index (χ1n) is 29.3. The Morgan fingerprint density at radius 3 is 1.20 bits per heavy atom. The molecule has 6 heteroatoms. The highest BCUT2D eigenvalue weighted by atomic mass is 16.6. The Morgan fingerprint density at radius 2 is 0.768 bits per heavy atom. The largest absolute Gasteiger partial charge is 0.462 e. The van der Waals surface area contributed by atoms with Crippen LogP contribution in [-0.4, -0.2) is 37.1 Å². The highest BCUT2D eigenvalue weighted by molar-refractivity contribution is 5.93. The zero-order chi connectivity index (χ0) is 49.8. The van der Waals surface area contributed by atoms with E-state index in [2.05, 4.69) is 69.4 Å². The normalized spacial score (nSPS) is 12.3. The number of anilines is 1. The number of carbonyl (C=O) groups is 3. The Labute approximate surface area is 426 Å². The summed E-state index contributed by atoms with van der Waals surface area (Å²) < 4.78 is 11.8. The minimum atomic E-state index is -0.741. The number of carbonyl (C=O) groups excluding carboxylic acids is 3. The molecule has 0 heterocycles. The van der Waals surface area contributed by atoms with Crippen LogP contribution in [0.25, 0.3) is 0 Å². The molecule has 0 spiro atoms. The van der Waals surface area contributed by atoms with Crippen LogP contribution in [0.3, 0.4) is 0 Å². The summed E-state index contributed by atoms with van der Waals surface area (Å²) in [6, 6.07) is 9.67. The first-order chi connectivity index (χ1) is 34.0. The van der Waals surface area contributed by atoms with Crippen LogP contribution in [0.2, 0.25) is 0 Å². The summed E-state index contributed by atoms with van der Waals surface area (Å²) in [6.07, 6.45) is 62.5. The molecule has 1 unspecified atom stereocenters. The van der Waals surface area contributed by atoms with Crippen molar-refractivity contribution >= 4 is 23.5 Å². The van der Waals surface area contributed by atoms with Crippen molar-refractivity contribution in [2.75, 3.05) is 18.1 Å². The van der Waals surface area contributed by atoms with Crippen molar-refractivity contribution in [2.24, 2.45) is 0 Å². The van der Waals surface area contributed by atoms with Gasteiger partial charge in [0.2, 0.25) is 5.91 Å². The van der Waals surface area contributed by atoms with Crippen molar-refractivity contribution in [3.8, 4) is 0 Å². The van der Waals surface area contributed by atoms with E-state index >= 15 is 0 Å². The lowest BCUT2D eigenvalue weighted by Crippen LogP contribution is -2.41. The van der Waals surface area contributed by atoms with Gasteiger partial charge in [-0.1, -0.05) is 242 Å². The molecule has 1 aromatic carbocycles. The fourth-order valence-corrected chi connectivity index (χ4v) is 8.73. The zero-order valence-corrected chi connectivity index (χ0v) is 45.3. The lowest BCUT2D eigenvalue weighted by Gasteiger charge is -2.28. The van der Waals surface area contributed by atoms with Gasteiger partial charge in [-0.05, 0) is 95.6 Å². The van der Waals surface area contributed by atoms with E-state index in [0.29, 0.717) is 19.3 Å². The predicted octanol–water partition coefficient (Wildman–Crippen LogP) is 19.4. The molecule has 0 saturated carbocycles. The number of ether oxygens (including phenoxy) is 2. The summed E-state index contributed by atoms with van der Waals surface area (Å²) in [4.78, 5) is 41.9. The van der Waals surface area contributed by atoms with Gasteiger partial charge < -0.3 is 14.4 Å². The summed E-state index contributed by atoms with van der Waals surface area (Å²) in [5.41, 5.74) is 0.773. The molecule has 69 heavy (non-hydrogen) atoms. The van der Waals surface area contributed by atoms with Crippen molar-refractivity contribution < 1.29 is 23.9 Å². The summed E-state index contributed by atoms with van der Waals surface area (Å²) in [5.74, 6) is -0.550. The van der Waals surface area contributed by atoms with E-state index in [-0.39, 0.29) is 31.0 Å². The third-order valence-corrected chi connectivity index (χ3v) is 13.1. The van der Waals surface area contributed by atoms with Crippen LogP contribution in [0, 0.1) is 0 Å². The average Bonchev–Trinajstić information content (AvgIpc) is 3.36. The highest BCUT2D eigenvalue weighted by Gasteiger charge is 2.25. The van der Waals surface area contributed by atoms with Gasteiger partial charge in [0, 0.05) is 24.9 Å². The SMILES string of the molecule is CCCCCC=CCC=CCCCCCCCC(=O)OCC(CN(C(=O)CCCCCCCCCCCCCCCCC)c1ccccc1)OC(=O)CCCCCCCC=CCC=CCCCCC. The first kappa shape index (κ1) is 63.6. The Morgan fingerprint density at radius 1 is 0.420 bits per heavy atom. The Balaban J connectivity index is 2.61. The highest BCUT2D eigenvalue weighted by Crippen LogP contribution is 2.20. The fraction of sp³-hybridized carbons (Fsp3) is 0.730. The smallest absolute Gasteiger partial charge is 0.306 e. The molecule has 1 amide bonds. The summed E-state index contributed by atoms with van der Waals surface area (Å²) >= 11 is 0. The second kappa shape index (κ2) is 51.0. The van der Waals surface area contributed by atoms with E-state index < -0.39 is 6.10 Å². The van der Waals surface area contributed by atoms with Crippen LogP contribution < -0.4 is 4.90 Å². The zero-order valence-electron chi connectivity index (χ0n) is 45.3. The van der Waals surface area contributed by atoms with E-state index in [1.807, 2.05) is 30.3 Å². The van der Waals surface area contributed by atoms with Crippen molar-refractivity contribution in [2.45, 2.75) is 284 Å². The molecule has 1 rings (SSSR count). The molecule has 0 N–H and O–H groups in total. The van der Waals surface area contributed by atoms with Gasteiger partial charge in [0.1, 0.15) is 6.61 Å². The molecule has 0 fully saturated rings. The standard InChI is InChI=1S/C63H107NO5/c1-4-7-10-13-16-19-22-25-28-31-34-37-40-43-49-54-61(65)64(59-52-47-46-48-53-59)57-60(69-63(67)56-51-45-42-39-36-33-30-27-24-21-18-15-12-9-6-3)58-68-62(66)55-50-44-41-38-35-32-29-26-23-20-17-14-11-8-5-2/h17-18,20-21,26-27,29-30,46-48,52-53,60H,4-16,19,22-25,28,31-45,49-51,54-58H2,1-3H3. The Bertz CT molecular complexity index is 1420. The number of para-hydroxylation sites is 1. The third kappa shape index (κ3) is 43.1. The molecule has 6 nitrogen and oxygen atoms in total. The molecule has 1 atom stereocenters. The van der Waals surface area contributed by atoms with Crippen molar-refractivity contribution in [3.63, 3.8) is 0 Å². The summed E-state index contributed by atoms with van der Waals surface area (Å²) in [5, 5.41) is 0. The molecular weight excluding hydrogens is 851 g/mol. The maximum atomic E-state index is 13.9. The molecule has 0 radical (unpaired) electrons. The van der Waals surface area contributed by atoms with Gasteiger partial charge in [-0.25, -0.2) is 0 Å². The number of nitrogens with zero attached hydrogens (tertiary/aromatic N) is 1. The van der Waals surface area contributed by atoms with Crippen LogP contribution in [0.1, 0.15) is 278 Å². The maximum absolute atomic E-state index is 13.9. The molecule has 0 aromatic heterocycles. The van der Waals surface area contributed by atoms with E-state index in [1.54, 1.807) is 4.90 Å². The first-order valence-corrected chi connectivity index (χ1v) is 29.3. The average molecular weight is 959 g/mol. The van der Waals surface area contributed by atoms with Gasteiger partial charge in [0.05, 0.1) is 6.54 Å².